The van der Waals surface area contributed by atoms with Crippen LogP contribution in [-0.4, -0.2) is 43.6 Å². The van der Waals surface area contributed by atoms with E-state index < -0.39 is 0 Å². The van der Waals surface area contributed by atoms with Crippen molar-refractivity contribution in [3.63, 3.8) is 0 Å². The standard InChI is InChI=1S/C24H25N5O/c1-3-29-19-7-5-4-6-15(19)11-21(29)22-26-18-10-16(8-9-20(18)27(22)2)23(30)28-13-17-12-24(17,25)14-28/h4-11,17H,3,12-14,25H2,1-2H3. The highest BCUT2D eigenvalue weighted by Crippen LogP contribution is 2.47. The molecule has 1 amide bonds. The maximum atomic E-state index is 13.0. The fraction of sp³-hybridized carbons (Fsp3) is 0.333. The number of carbonyl (C=O) groups excluding carboxylic acids is 1. The predicted molar refractivity (Wildman–Crippen MR) is 118 cm³/mol. The highest BCUT2D eigenvalue weighted by Gasteiger charge is 2.58. The number of hydrogen-bond donors (Lipinski definition) is 1. The molecule has 2 fully saturated rings. The first-order chi connectivity index (χ1) is 14.5. The molecule has 1 aliphatic carbocycles. The van der Waals surface area contributed by atoms with Crippen molar-refractivity contribution < 1.29 is 4.79 Å². The molecule has 30 heavy (non-hydrogen) atoms. The Bertz CT molecular complexity index is 1330. The molecule has 2 N–H and O–H groups in total. The molecule has 2 aliphatic rings. The lowest BCUT2D eigenvalue weighted by atomic mass is 10.1. The molecular formula is C24H25N5O. The van der Waals surface area contributed by atoms with Crippen LogP contribution < -0.4 is 5.73 Å². The van der Waals surface area contributed by atoms with Crippen LogP contribution >= 0.6 is 0 Å². The first-order valence-corrected chi connectivity index (χ1v) is 10.6. The van der Waals surface area contributed by atoms with E-state index in [9.17, 15) is 4.79 Å². The van der Waals surface area contributed by atoms with Gasteiger partial charge in [0.2, 0.25) is 0 Å². The van der Waals surface area contributed by atoms with Crippen LogP contribution in [0.15, 0.2) is 48.5 Å². The molecule has 0 bridgehead atoms. The topological polar surface area (TPSA) is 69.1 Å². The van der Waals surface area contributed by atoms with Crippen LogP contribution in [0.25, 0.3) is 33.5 Å². The highest BCUT2D eigenvalue weighted by atomic mass is 16.2. The Balaban J connectivity index is 1.42. The summed E-state index contributed by atoms with van der Waals surface area (Å²) >= 11 is 0. The number of imidazole rings is 1. The number of likely N-dealkylation sites (tertiary alicyclic amines) is 1. The van der Waals surface area contributed by atoms with Crippen LogP contribution in [0.1, 0.15) is 23.7 Å². The molecule has 1 saturated carbocycles. The number of carbonyl (C=O) groups is 1. The monoisotopic (exact) mass is 399 g/mol. The number of fused-ring (bicyclic) bond motifs is 3. The van der Waals surface area contributed by atoms with Crippen molar-refractivity contribution in [1.82, 2.24) is 19.0 Å². The molecule has 2 atom stereocenters. The summed E-state index contributed by atoms with van der Waals surface area (Å²) in [5, 5.41) is 1.21. The normalized spacial score (nSPS) is 22.8. The highest BCUT2D eigenvalue weighted by molar-refractivity contribution is 5.98. The van der Waals surface area contributed by atoms with E-state index in [2.05, 4.69) is 46.4 Å². The summed E-state index contributed by atoms with van der Waals surface area (Å²) in [6.45, 7) is 4.46. The van der Waals surface area contributed by atoms with Gasteiger partial charge < -0.3 is 19.8 Å². The van der Waals surface area contributed by atoms with Gasteiger partial charge >= 0.3 is 0 Å². The lowest BCUT2D eigenvalue weighted by molar-refractivity contribution is 0.0773. The van der Waals surface area contributed by atoms with Crippen LogP contribution in [0, 0.1) is 5.92 Å². The smallest absolute Gasteiger partial charge is 0.254 e. The number of rotatable bonds is 3. The van der Waals surface area contributed by atoms with Crippen LogP contribution in [0.2, 0.25) is 0 Å². The summed E-state index contributed by atoms with van der Waals surface area (Å²) < 4.78 is 4.41. The molecular weight excluding hydrogens is 374 g/mol. The minimum Gasteiger partial charge on any atom is -0.338 e. The fourth-order valence-electron chi connectivity index (χ4n) is 5.16. The van der Waals surface area contributed by atoms with Gasteiger partial charge in [-0.3, -0.25) is 4.79 Å². The summed E-state index contributed by atoms with van der Waals surface area (Å²) in [6.07, 6.45) is 1.05. The maximum Gasteiger partial charge on any atom is 0.254 e. The van der Waals surface area contributed by atoms with E-state index in [-0.39, 0.29) is 11.4 Å². The third-order valence-electron chi connectivity index (χ3n) is 6.98. The number of benzene rings is 2. The SMILES string of the molecule is CCn1c(-c2nc3cc(C(=O)N4CC5CC5(N)C4)ccc3n2C)cc2ccccc21. The van der Waals surface area contributed by atoms with E-state index in [0.29, 0.717) is 18.0 Å². The minimum atomic E-state index is -0.133. The summed E-state index contributed by atoms with van der Waals surface area (Å²) in [5.41, 5.74) is 11.0. The van der Waals surface area contributed by atoms with E-state index in [4.69, 9.17) is 10.7 Å². The van der Waals surface area contributed by atoms with Crippen molar-refractivity contribution >= 4 is 27.8 Å². The third kappa shape index (κ3) is 2.40. The fourth-order valence-corrected chi connectivity index (χ4v) is 5.16. The van der Waals surface area contributed by atoms with Gasteiger partial charge in [-0.1, -0.05) is 18.2 Å². The van der Waals surface area contributed by atoms with Gasteiger partial charge in [-0.2, -0.15) is 0 Å². The van der Waals surface area contributed by atoms with E-state index in [1.165, 1.54) is 10.9 Å². The summed E-state index contributed by atoms with van der Waals surface area (Å²) in [4.78, 5) is 19.8. The molecule has 6 rings (SSSR count). The van der Waals surface area contributed by atoms with E-state index in [0.717, 1.165) is 42.1 Å². The zero-order valence-electron chi connectivity index (χ0n) is 17.3. The lowest BCUT2D eigenvalue weighted by Crippen LogP contribution is -2.36. The molecule has 3 heterocycles. The molecule has 1 aliphatic heterocycles. The van der Waals surface area contributed by atoms with Crippen molar-refractivity contribution in [2.75, 3.05) is 13.1 Å². The molecule has 2 aromatic carbocycles. The number of aromatic nitrogens is 3. The molecule has 6 nitrogen and oxygen atoms in total. The summed E-state index contributed by atoms with van der Waals surface area (Å²) in [6, 6.07) is 16.5. The second-order valence-electron chi connectivity index (χ2n) is 8.85. The van der Waals surface area contributed by atoms with Gasteiger partial charge in [0, 0.05) is 48.7 Å². The van der Waals surface area contributed by atoms with Crippen LogP contribution in [0.3, 0.4) is 0 Å². The van der Waals surface area contributed by atoms with Gasteiger partial charge in [0.05, 0.1) is 16.7 Å². The summed E-state index contributed by atoms with van der Waals surface area (Å²) in [5.74, 6) is 1.45. The number of piperidine rings is 1. The Labute approximate surface area is 174 Å². The Morgan fingerprint density at radius 2 is 2.03 bits per heavy atom. The van der Waals surface area contributed by atoms with Crippen molar-refractivity contribution in [3.05, 3.63) is 54.1 Å². The number of para-hydroxylation sites is 1. The molecule has 0 radical (unpaired) electrons. The molecule has 1 saturated heterocycles. The van der Waals surface area contributed by atoms with Gasteiger partial charge in [0.25, 0.3) is 5.91 Å². The van der Waals surface area contributed by atoms with E-state index in [1.807, 2.05) is 30.1 Å². The van der Waals surface area contributed by atoms with Gasteiger partial charge in [-0.05, 0) is 49.6 Å². The number of amides is 1. The van der Waals surface area contributed by atoms with Crippen molar-refractivity contribution in [2.24, 2.45) is 18.7 Å². The number of hydrogen-bond acceptors (Lipinski definition) is 3. The Kier molecular flexibility index (Phi) is 3.51. The second kappa shape index (κ2) is 5.95. The van der Waals surface area contributed by atoms with Gasteiger partial charge in [-0.15, -0.1) is 0 Å². The van der Waals surface area contributed by atoms with Gasteiger partial charge in [-0.25, -0.2) is 4.98 Å². The third-order valence-corrected chi connectivity index (χ3v) is 6.98. The van der Waals surface area contributed by atoms with Crippen molar-refractivity contribution in [1.29, 1.82) is 0 Å². The predicted octanol–water partition coefficient (Wildman–Crippen LogP) is 3.39. The Hall–Kier alpha value is -3.12. The zero-order chi connectivity index (χ0) is 20.6. The number of nitrogens with zero attached hydrogens (tertiary/aromatic N) is 4. The second-order valence-corrected chi connectivity index (χ2v) is 8.85. The maximum absolute atomic E-state index is 13.0. The van der Waals surface area contributed by atoms with Gasteiger partial charge in [0.15, 0.2) is 5.82 Å². The molecule has 6 heteroatoms. The van der Waals surface area contributed by atoms with E-state index in [1.54, 1.807) is 0 Å². The minimum absolute atomic E-state index is 0.0591. The largest absolute Gasteiger partial charge is 0.338 e. The average Bonchev–Trinajstić information content (AvgIpc) is 3.06. The lowest BCUT2D eigenvalue weighted by Gasteiger charge is -2.19. The van der Waals surface area contributed by atoms with Crippen LogP contribution in [-0.2, 0) is 13.6 Å². The average molecular weight is 399 g/mol. The Morgan fingerprint density at radius 3 is 2.80 bits per heavy atom. The summed E-state index contributed by atoms with van der Waals surface area (Å²) in [7, 11) is 2.04. The molecule has 2 aromatic heterocycles. The van der Waals surface area contributed by atoms with Crippen LogP contribution in [0.5, 0.6) is 0 Å². The first-order valence-electron chi connectivity index (χ1n) is 10.6. The number of aryl methyl sites for hydroxylation is 2. The molecule has 4 aromatic rings. The molecule has 152 valence electrons. The number of nitrogens with two attached hydrogens (primary N) is 1. The quantitative estimate of drug-likeness (QED) is 0.574. The van der Waals surface area contributed by atoms with Crippen LogP contribution in [0.4, 0.5) is 0 Å². The first kappa shape index (κ1) is 17.7. The van der Waals surface area contributed by atoms with Crippen molar-refractivity contribution in [3.8, 4) is 11.5 Å². The zero-order valence-corrected chi connectivity index (χ0v) is 17.3. The molecule has 0 spiro atoms. The Morgan fingerprint density at radius 1 is 1.20 bits per heavy atom. The van der Waals surface area contributed by atoms with Gasteiger partial charge in [0.1, 0.15) is 0 Å². The molecule has 2 unspecified atom stereocenters. The van der Waals surface area contributed by atoms with Crippen molar-refractivity contribution in [2.45, 2.75) is 25.4 Å². The van der Waals surface area contributed by atoms with E-state index >= 15 is 0 Å².